The van der Waals surface area contributed by atoms with Crippen molar-refractivity contribution < 1.29 is 4.79 Å². The molecule has 19 heavy (non-hydrogen) atoms. The van der Waals surface area contributed by atoms with Crippen molar-refractivity contribution in [1.29, 1.82) is 0 Å². The van der Waals surface area contributed by atoms with Crippen LogP contribution in [0, 0.1) is 5.92 Å². The van der Waals surface area contributed by atoms with Crippen LogP contribution in [0.2, 0.25) is 10.0 Å². The van der Waals surface area contributed by atoms with Gasteiger partial charge in [-0.05, 0) is 50.4 Å². The highest BCUT2D eigenvalue weighted by Gasteiger charge is 2.26. The van der Waals surface area contributed by atoms with Crippen molar-refractivity contribution >= 4 is 29.0 Å². The van der Waals surface area contributed by atoms with E-state index < -0.39 is 0 Å². The quantitative estimate of drug-likeness (QED) is 0.776. The molecule has 0 radical (unpaired) electrons. The van der Waals surface area contributed by atoms with E-state index in [0.717, 1.165) is 13.0 Å². The van der Waals surface area contributed by atoms with Gasteiger partial charge in [0.15, 0.2) is 5.78 Å². The van der Waals surface area contributed by atoms with Crippen molar-refractivity contribution in [3.63, 3.8) is 0 Å². The van der Waals surface area contributed by atoms with Crippen molar-refractivity contribution in [2.75, 3.05) is 13.1 Å². The Morgan fingerprint density at radius 3 is 2.84 bits per heavy atom. The van der Waals surface area contributed by atoms with E-state index in [1.54, 1.807) is 18.2 Å². The van der Waals surface area contributed by atoms with E-state index in [2.05, 4.69) is 18.7 Å². The van der Waals surface area contributed by atoms with Crippen molar-refractivity contribution in [2.24, 2.45) is 5.92 Å². The standard InChI is InChI=1S/C15H19Cl2NO/c1-10-4-3-7-18(11(10)2)9-15(19)13-8-12(16)5-6-14(13)17/h5-6,8,10-11H,3-4,7,9H2,1-2H3. The Bertz CT molecular complexity index is 475. The van der Waals surface area contributed by atoms with E-state index in [9.17, 15) is 4.79 Å². The van der Waals surface area contributed by atoms with Gasteiger partial charge in [-0.25, -0.2) is 0 Å². The number of carbonyl (C=O) groups excluding carboxylic acids is 1. The summed E-state index contributed by atoms with van der Waals surface area (Å²) in [6, 6.07) is 5.48. The van der Waals surface area contributed by atoms with Gasteiger partial charge in [-0.2, -0.15) is 0 Å². The number of likely N-dealkylation sites (tertiary alicyclic amines) is 1. The van der Waals surface area contributed by atoms with Gasteiger partial charge >= 0.3 is 0 Å². The molecule has 1 heterocycles. The van der Waals surface area contributed by atoms with Gasteiger partial charge in [0.2, 0.25) is 0 Å². The molecule has 2 nitrogen and oxygen atoms in total. The minimum Gasteiger partial charge on any atom is -0.293 e. The monoisotopic (exact) mass is 299 g/mol. The summed E-state index contributed by atoms with van der Waals surface area (Å²) in [5.74, 6) is 0.685. The highest BCUT2D eigenvalue weighted by molar-refractivity contribution is 6.36. The normalized spacial score (nSPS) is 24.4. The first-order valence-electron chi connectivity index (χ1n) is 6.71. The van der Waals surface area contributed by atoms with Crippen molar-refractivity contribution in [3.05, 3.63) is 33.8 Å². The van der Waals surface area contributed by atoms with E-state index in [4.69, 9.17) is 23.2 Å². The van der Waals surface area contributed by atoms with Crippen LogP contribution in [0.5, 0.6) is 0 Å². The van der Waals surface area contributed by atoms with Crippen LogP contribution in [0.3, 0.4) is 0 Å². The summed E-state index contributed by atoms with van der Waals surface area (Å²) in [7, 11) is 0. The van der Waals surface area contributed by atoms with Crippen LogP contribution in [0.25, 0.3) is 0 Å². The predicted octanol–water partition coefficient (Wildman–Crippen LogP) is 4.30. The largest absolute Gasteiger partial charge is 0.293 e. The summed E-state index contributed by atoms with van der Waals surface area (Å²) in [4.78, 5) is 14.6. The van der Waals surface area contributed by atoms with Gasteiger partial charge in [-0.1, -0.05) is 30.1 Å². The van der Waals surface area contributed by atoms with Crippen molar-refractivity contribution in [2.45, 2.75) is 32.7 Å². The summed E-state index contributed by atoms with van der Waals surface area (Å²) < 4.78 is 0. The molecule has 0 spiro atoms. The lowest BCUT2D eigenvalue weighted by Gasteiger charge is -2.37. The zero-order chi connectivity index (χ0) is 14.0. The molecule has 0 bridgehead atoms. The zero-order valence-electron chi connectivity index (χ0n) is 11.3. The molecule has 0 amide bonds. The maximum Gasteiger partial charge on any atom is 0.178 e. The lowest BCUT2D eigenvalue weighted by atomic mass is 9.91. The Labute approximate surface area is 124 Å². The van der Waals surface area contributed by atoms with Crippen LogP contribution in [0.15, 0.2) is 18.2 Å². The number of halogens is 2. The smallest absolute Gasteiger partial charge is 0.178 e. The summed E-state index contributed by atoms with van der Waals surface area (Å²) >= 11 is 12.0. The third-order valence-corrected chi connectivity index (χ3v) is 4.64. The van der Waals surface area contributed by atoms with E-state index in [0.29, 0.717) is 34.1 Å². The molecular weight excluding hydrogens is 281 g/mol. The molecule has 2 unspecified atom stereocenters. The Balaban J connectivity index is 2.10. The number of hydrogen-bond acceptors (Lipinski definition) is 2. The Morgan fingerprint density at radius 1 is 1.37 bits per heavy atom. The molecule has 2 rings (SSSR count). The fourth-order valence-electron chi connectivity index (χ4n) is 2.62. The number of ketones is 1. The Hall–Kier alpha value is -0.570. The number of Topliss-reactive ketones (excluding diaryl/α,β-unsaturated/α-hetero) is 1. The first-order valence-corrected chi connectivity index (χ1v) is 7.47. The van der Waals surface area contributed by atoms with Crippen LogP contribution in [0.1, 0.15) is 37.0 Å². The highest BCUT2D eigenvalue weighted by atomic mass is 35.5. The lowest BCUT2D eigenvalue weighted by molar-refractivity contribution is 0.0779. The molecule has 1 aromatic carbocycles. The number of carbonyl (C=O) groups is 1. The second-order valence-corrected chi connectivity index (χ2v) is 6.22. The van der Waals surface area contributed by atoms with Gasteiger partial charge in [-0.15, -0.1) is 0 Å². The number of nitrogens with zero attached hydrogens (tertiary/aromatic N) is 1. The van der Waals surface area contributed by atoms with E-state index >= 15 is 0 Å². The van der Waals surface area contributed by atoms with Gasteiger partial charge in [-0.3, -0.25) is 9.69 Å². The maximum atomic E-state index is 12.4. The molecule has 104 valence electrons. The predicted molar refractivity (Wildman–Crippen MR) is 80.2 cm³/mol. The van der Waals surface area contributed by atoms with Gasteiger partial charge in [0.05, 0.1) is 11.6 Å². The fraction of sp³-hybridized carbons (Fsp3) is 0.533. The molecule has 1 aliphatic rings. The molecule has 1 saturated heterocycles. The number of piperidine rings is 1. The van der Waals surface area contributed by atoms with Crippen LogP contribution < -0.4 is 0 Å². The van der Waals surface area contributed by atoms with Crippen LogP contribution >= 0.6 is 23.2 Å². The zero-order valence-corrected chi connectivity index (χ0v) is 12.8. The molecule has 0 N–H and O–H groups in total. The molecule has 0 saturated carbocycles. The van der Waals surface area contributed by atoms with Crippen LogP contribution in [0.4, 0.5) is 0 Å². The SMILES string of the molecule is CC1CCCN(CC(=O)c2cc(Cl)ccc2Cl)C1C. The molecule has 1 fully saturated rings. The van der Waals surface area contributed by atoms with Crippen molar-refractivity contribution in [1.82, 2.24) is 4.90 Å². The molecule has 4 heteroatoms. The maximum absolute atomic E-state index is 12.4. The van der Waals surface area contributed by atoms with Gasteiger partial charge in [0.25, 0.3) is 0 Å². The number of hydrogen-bond donors (Lipinski definition) is 0. The van der Waals surface area contributed by atoms with E-state index in [-0.39, 0.29) is 5.78 Å². The van der Waals surface area contributed by atoms with E-state index in [1.807, 2.05) is 0 Å². The average molecular weight is 300 g/mol. The third kappa shape index (κ3) is 3.50. The molecule has 0 aliphatic carbocycles. The highest BCUT2D eigenvalue weighted by Crippen LogP contribution is 2.25. The Kier molecular flexibility index (Phi) is 4.88. The Morgan fingerprint density at radius 2 is 2.11 bits per heavy atom. The molecule has 2 atom stereocenters. The topological polar surface area (TPSA) is 20.3 Å². The van der Waals surface area contributed by atoms with Crippen LogP contribution in [-0.4, -0.2) is 29.8 Å². The molecule has 0 aromatic heterocycles. The van der Waals surface area contributed by atoms with Gasteiger partial charge in [0.1, 0.15) is 0 Å². The van der Waals surface area contributed by atoms with Gasteiger partial charge < -0.3 is 0 Å². The minimum absolute atomic E-state index is 0.0495. The van der Waals surface area contributed by atoms with Gasteiger partial charge in [0, 0.05) is 16.6 Å². The molecule has 1 aliphatic heterocycles. The fourth-order valence-corrected chi connectivity index (χ4v) is 3.02. The summed E-state index contributed by atoms with van der Waals surface area (Å²) in [6.45, 7) is 5.84. The minimum atomic E-state index is 0.0495. The summed E-state index contributed by atoms with van der Waals surface area (Å²) in [5.41, 5.74) is 0.527. The first-order chi connectivity index (χ1) is 8.99. The lowest BCUT2D eigenvalue weighted by Crippen LogP contribution is -2.44. The van der Waals surface area contributed by atoms with E-state index in [1.165, 1.54) is 6.42 Å². The second kappa shape index (κ2) is 6.25. The average Bonchev–Trinajstić information content (AvgIpc) is 2.38. The second-order valence-electron chi connectivity index (χ2n) is 5.38. The molecular formula is C15H19Cl2NO. The summed E-state index contributed by atoms with van der Waals surface area (Å²) in [6.07, 6.45) is 2.39. The van der Waals surface area contributed by atoms with Crippen molar-refractivity contribution in [3.8, 4) is 0 Å². The number of rotatable bonds is 3. The molecule has 1 aromatic rings. The van der Waals surface area contributed by atoms with Crippen LogP contribution in [-0.2, 0) is 0 Å². The third-order valence-electron chi connectivity index (χ3n) is 4.08. The first kappa shape index (κ1) is 14.8. The number of benzene rings is 1. The summed E-state index contributed by atoms with van der Waals surface area (Å²) in [5, 5.41) is 1.03.